The third kappa shape index (κ3) is 3.55. The first kappa shape index (κ1) is 19.1. The molecule has 30 heavy (non-hydrogen) atoms. The van der Waals surface area contributed by atoms with Gasteiger partial charge in [-0.2, -0.15) is 0 Å². The van der Waals surface area contributed by atoms with Gasteiger partial charge in [0.1, 0.15) is 0 Å². The molecular formula is C21H16N4O5. The average molecular weight is 404 g/mol. The van der Waals surface area contributed by atoms with Crippen LogP contribution in [-0.4, -0.2) is 19.6 Å². The molecule has 2 aromatic carbocycles. The molecule has 150 valence electrons. The van der Waals surface area contributed by atoms with E-state index in [0.29, 0.717) is 6.54 Å². The lowest BCUT2D eigenvalue weighted by Crippen LogP contribution is -1.98. The first-order valence-electron chi connectivity index (χ1n) is 9.04. The Morgan fingerprint density at radius 3 is 2.47 bits per heavy atom. The average Bonchev–Trinajstić information content (AvgIpc) is 3.27. The Morgan fingerprint density at radius 2 is 1.77 bits per heavy atom. The number of nitro benzene ring substituents is 1. The molecule has 2 aromatic heterocycles. The number of hydrogen-bond acceptors (Lipinski definition) is 6. The molecule has 0 bridgehead atoms. The zero-order chi connectivity index (χ0) is 21.3. The highest BCUT2D eigenvalue weighted by atomic mass is 16.6. The Bertz CT molecular complexity index is 1280. The summed E-state index contributed by atoms with van der Waals surface area (Å²) >= 11 is 0. The molecule has 9 heteroatoms. The van der Waals surface area contributed by atoms with E-state index in [-0.39, 0.29) is 22.8 Å². The highest BCUT2D eigenvalue weighted by Gasteiger charge is 2.22. The summed E-state index contributed by atoms with van der Waals surface area (Å²) in [6.45, 7) is 2.04. The van der Waals surface area contributed by atoms with Gasteiger partial charge in [-0.3, -0.25) is 20.2 Å². The summed E-state index contributed by atoms with van der Waals surface area (Å²) in [7, 11) is 0. The normalized spacial score (nSPS) is 11.4. The number of hydrogen-bond donors (Lipinski definition) is 0. The van der Waals surface area contributed by atoms with Crippen molar-refractivity contribution >= 4 is 34.4 Å². The maximum atomic E-state index is 11.2. The molecule has 0 saturated heterocycles. The molecule has 0 radical (unpaired) electrons. The summed E-state index contributed by atoms with van der Waals surface area (Å²) in [5.41, 5.74) is 2.86. The van der Waals surface area contributed by atoms with Crippen LogP contribution < -0.4 is 0 Å². The summed E-state index contributed by atoms with van der Waals surface area (Å²) in [6, 6.07) is 14.2. The van der Waals surface area contributed by atoms with Gasteiger partial charge in [0, 0.05) is 41.3 Å². The molecule has 0 aliphatic rings. The molecule has 0 atom stereocenters. The number of fused-ring (bicyclic) bond motifs is 1. The lowest BCUT2D eigenvalue weighted by molar-refractivity contribution is -0.386. The Labute approximate surface area is 170 Å². The first-order chi connectivity index (χ1) is 14.4. The molecule has 0 unspecified atom stereocenters. The Morgan fingerprint density at radius 1 is 1.03 bits per heavy atom. The molecule has 0 aliphatic carbocycles. The number of nitro groups is 2. The molecule has 0 aliphatic heterocycles. The highest BCUT2D eigenvalue weighted by molar-refractivity contribution is 5.92. The largest absolute Gasteiger partial charge is 0.349 e. The third-order valence-corrected chi connectivity index (χ3v) is 4.77. The fourth-order valence-electron chi connectivity index (χ4n) is 3.34. The molecule has 0 saturated carbocycles. The van der Waals surface area contributed by atoms with E-state index < -0.39 is 9.85 Å². The lowest BCUT2D eigenvalue weighted by atomic mass is 10.1. The SMILES string of the molecule is Cc1noc(C=Cc2cn(Cc3ccc([N+](=O)[O-])cc3)c3ccccc23)c1[N+](=O)[O-]. The van der Waals surface area contributed by atoms with Crippen molar-refractivity contribution in [1.82, 2.24) is 9.72 Å². The predicted octanol–water partition coefficient (Wildman–Crippen LogP) is 4.97. The minimum atomic E-state index is -0.511. The summed E-state index contributed by atoms with van der Waals surface area (Å²) in [5.74, 6) is 0.0877. The molecule has 4 aromatic rings. The number of aromatic nitrogens is 2. The smallest absolute Gasteiger partial charge is 0.338 e. The standard InChI is InChI=1S/C21H16N4O5/c1-14-21(25(28)29)20(30-22-14)11-8-16-13-23(19-5-3-2-4-18(16)19)12-15-6-9-17(10-7-15)24(26)27/h2-11,13H,12H2,1H3. The van der Waals surface area contributed by atoms with Crippen molar-refractivity contribution in [2.45, 2.75) is 13.5 Å². The summed E-state index contributed by atoms with van der Waals surface area (Å²) < 4.78 is 7.11. The summed E-state index contributed by atoms with van der Waals surface area (Å²) in [5, 5.41) is 26.7. The van der Waals surface area contributed by atoms with Gasteiger partial charge in [0.25, 0.3) is 5.69 Å². The van der Waals surface area contributed by atoms with Crippen molar-refractivity contribution in [1.29, 1.82) is 0 Å². The zero-order valence-corrected chi connectivity index (χ0v) is 15.9. The van der Waals surface area contributed by atoms with E-state index in [0.717, 1.165) is 22.0 Å². The number of non-ortho nitro benzene ring substituents is 1. The van der Waals surface area contributed by atoms with Crippen LogP contribution >= 0.6 is 0 Å². The van der Waals surface area contributed by atoms with E-state index in [1.54, 1.807) is 18.2 Å². The van der Waals surface area contributed by atoms with Gasteiger partial charge >= 0.3 is 5.69 Å². The number of para-hydroxylation sites is 1. The van der Waals surface area contributed by atoms with Crippen molar-refractivity contribution in [2.24, 2.45) is 0 Å². The van der Waals surface area contributed by atoms with E-state index in [4.69, 9.17) is 4.52 Å². The number of benzene rings is 2. The van der Waals surface area contributed by atoms with Crippen LogP contribution in [0.25, 0.3) is 23.1 Å². The van der Waals surface area contributed by atoms with Gasteiger partial charge in [0.2, 0.25) is 5.76 Å². The minimum Gasteiger partial charge on any atom is -0.349 e. The second kappa shape index (κ2) is 7.63. The van der Waals surface area contributed by atoms with Gasteiger partial charge in [-0.1, -0.05) is 35.5 Å². The van der Waals surface area contributed by atoms with Crippen molar-refractivity contribution in [3.05, 3.63) is 97.5 Å². The monoisotopic (exact) mass is 404 g/mol. The first-order valence-corrected chi connectivity index (χ1v) is 9.04. The molecule has 9 nitrogen and oxygen atoms in total. The molecule has 0 amide bonds. The van der Waals surface area contributed by atoms with E-state index >= 15 is 0 Å². The van der Waals surface area contributed by atoms with Gasteiger partial charge in [-0.05, 0) is 30.7 Å². The van der Waals surface area contributed by atoms with Crippen LogP contribution in [0.4, 0.5) is 11.4 Å². The van der Waals surface area contributed by atoms with Crippen molar-refractivity contribution in [2.75, 3.05) is 0 Å². The van der Waals surface area contributed by atoms with Crippen molar-refractivity contribution in [3.8, 4) is 0 Å². The second-order valence-electron chi connectivity index (χ2n) is 6.72. The number of rotatable bonds is 6. The molecular weight excluding hydrogens is 388 g/mol. The fourth-order valence-corrected chi connectivity index (χ4v) is 3.34. The van der Waals surface area contributed by atoms with Crippen LogP contribution in [0, 0.1) is 27.2 Å². The fraction of sp³-hybridized carbons (Fsp3) is 0.0952. The Hall–Kier alpha value is -4.27. The van der Waals surface area contributed by atoms with Crippen LogP contribution in [0.2, 0.25) is 0 Å². The summed E-state index contributed by atoms with van der Waals surface area (Å²) in [4.78, 5) is 21.1. The van der Waals surface area contributed by atoms with Gasteiger partial charge in [0.15, 0.2) is 5.69 Å². The molecule has 0 N–H and O–H groups in total. The Kier molecular flexibility index (Phi) is 4.85. The van der Waals surface area contributed by atoms with Gasteiger partial charge in [0.05, 0.1) is 9.85 Å². The topological polar surface area (TPSA) is 117 Å². The van der Waals surface area contributed by atoms with Crippen LogP contribution in [0.5, 0.6) is 0 Å². The molecule has 0 spiro atoms. The number of nitrogens with zero attached hydrogens (tertiary/aromatic N) is 4. The van der Waals surface area contributed by atoms with Crippen molar-refractivity contribution < 1.29 is 14.4 Å². The van der Waals surface area contributed by atoms with Crippen LogP contribution in [-0.2, 0) is 6.54 Å². The van der Waals surface area contributed by atoms with E-state index in [1.165, 1.54) is 25.1 Å². The van der Waals surface area contributed by atoms with Gasteiger partial charge in [-0.25, -0.2) is 0 Å². The molecule has 4 rings (SSSR count). The summed E-state index contributed by atoms with van der Waals surface area (Å²) in [6.07, 6.45) is 5.22. The predicted molar refractivity (Wildman–Crippen MR) is 111 cm³/mol. The lowest BCUT2D eigenvalue weighted by Gasteiger charge is -2.05. The van der Waals surface area contributed by atoms with Crippen LogP contribution in [0.15, 0.2) is 59.3 Å². The molecule has 2 heterocycles. The van der Waals surface area contributed by atoms with E-state index in [2.05, 4.69) is 5.16 Å². The Balaban J connectivity index is 1.69. The van der Waals surface area contributed by atoms with Gasteiger partial charge < -0.3 is 9.09 Å². The van der Waals surface area contributed by atoms with Crippen LogP contribution in [0.1, 0.15) is 22.6 Å². The minimum absolute atomic E-state index is 0.0451. The molecule has 0 fully saturated rings. The maximum absolute atomic E-state index is 11.2. The van der Waals surface area contributed by atoms with Crippen LogP contribution in [0.3, 0.4) is 0 Å². The zero-order valence-electron chi connectivity index (χ0n) is 15.9. The quantitative estimate of drug-likeness (QED) is 0.331. The third-order valence-electron chi connectivity index (χ3n) is 4.77. The van der Waals surface area contributed by atoms with Gasteiger partial charge in [-0.15, -0.1) is 0 Å². The second-order valence-corrected chi connectivity index (χ2v) is 6.72. The van der Waals surface area contributed by atoms with E-state index in [9.17, 15) is 20.2 Å². The van der Waals surface area contributed by atoms with Crippen molar-refractivity contribution in [3.63, 3.8) is 0 Å². The maximum Gasteiger partial charge on any atom is 0.338 e. The highest BCUT2D eigenvalue weighted by Crippen LogP contribution is 2.28. The van der Waals surface area contributed by atoms with E-state index in [1.807, 2.05) is 35.0 Å². The number of aryl methyl sites for hydroxylation is 1.